The Bertz CT molecular complexity index is 960. The van der Waals surface area contributed by atoms with Crippen LogP contribution < -0.4 is 10.5 Å². The van der Waals surface area contributed by atoms with Crippen molar-refractivity contribution in [2.75, 3.05) is 0 Å². The van der Waals surface area contributed by atoms with Crippen LogP contribution in [0.1, 0.15) is 26.3 Å². The second kappa shape index (κ2) is 6.46. The highest BCUT2D eigenvalue weighted by Crippen LogP contribution is 2.54. The van der Waals surface area contributed by atoms with Gasteiger partial charge in [-0.2, -0.15) is 0 Å². The quantitative estimate of drug-likeness (QED) is 0.556. The Labute approximate surface area is 166 Å². The Morgan fingerprint density at radius 1 is 1.25 bits per heavy atom. The summed E-state index contributed by atoms with van der Waals surface area (Å²) in [6.07, 6.45) is -0.0586. The molecular formula is C17H21N3O6S2. The molecule has 11 heteroatoms. The summed E-state index contributed by atoms with van der Waals surface area (Å²) in [7, 11) is -3.81. The number of carbonyl (C=O) groups excluding carboxylic acids is 2. The lowest BCUT2D eigenvalue weighted by molar-refractivity contribution is -0.167. The number of primary sulfonamides is 1. The summed E-state index contributed by atoms with van der Waals surface area (Å²) in [6, 6.07) is 4.62. The van der Waals surface area contributed by atoms with Gasteiger partial charge in [-0.1, -0.05) is 12.1 Å². The van der Waals surface area contributed by atoms with Gasteiger partial charge in [0.2, 0.25) is 15.9 Å². The Morgan fingerprint density at radius 3 is 2.32 bits per heavy atom. The molecule has 3 atom stereocenters. The Balaban J connectivity index is 1.71. The molecule has 0 saturated carbocycles. The molecule has 2 saturated heterocycles. The number of aliphatic carboxylic acids is 1. The van der Waals surface area contributed by atoms with Gasteiger partial charge in [-0.15, -0.1) is 11.8 Å². The zero-order valence-electron chi connectivity index (χ0n) is 15.5. The van der Waals surface area contributed by atoms with Crippen molar-refractivity contribution in [3.8, 4) is 0 Å². The Kier molecular flexibility index (Phi) is 4.76. The van der Waals surface area contributed by atoms with Gasteiger partial charge in [0.05, 0.1) is 11.3 Å². The number of fused-ring (bicyclic) bond motifs is 1. The van der Waals surface area contributed by atoms with Gasteiger partial charge in [-0.3, -0.25) is 9.59 Å². The van der Waals surface area contributed by atoms with E-state index < -0.39 is 49.5 Å². The molecule has 1 aromatic rings. The van der Waals surface area contributed by atoms with Crippen molar-refractivity contribution >= 4 is 39.6 Å². The number of benzene rings is 1. The zero-order chi connectivity index (χ0) is 21.1. The maximum Gasteiger partial charge on any atom is 0.327 e. The lowest BCUT2D eigenvalue weighted by Gasteiger charge is -2.51. The number of hydrogen-bond donors (Lipinski definition) is 3. The number of carboxylic acid groups (broad SMARTS) is 1. The molecule has 9 nitrogen and oxygen atoms in total. The normalized spacial score (nSPS) is 28.4. The van der Waals surface area contributed by atoms with E-state index >= 15 is 0 Å². The van der Waals surface area contributed by atoms with E-state index in [-0.39, 0.29) is 11.3 Å². The van der Waals surface area contributed by atoms with E-state index in [4.69, 9.17) is 5.14 Å². The summed E-state index contributed by atoms with van der Waals surface area (Å²) in [5, 5.41) is 16.8. The number of thioether (sulfide) groups is 1. The molecule has 2 heterocycles. The van der Waals surface area contributed by atoms with Gasteiger partial charge in [0, 0.05) is 4.75 Å². The molecule has 2 fully saturated rings. The largest absolute Gasteiger partial charge is 0.480 e. The fraction of sp³-hybridized carbons (Fsp3) is 0.471. The van der Waals surface area contributed by atoms with Crippen LogP contribution >= 0.6 is 11.8 Å². The molecular weight excluding hydrogens is 406 g/mol. The second-order valence-corrected chi connectivity index (χ2v) is 10.9. The number of amides is 2. The van der Waals surface area contributed by atoms with Crippen molar-refractivity contribution < 1.29 is 27.9 Å². The van der Waals surface area contributed by atoms with Gasteiger partial charge in [0.25, 0.3) is 5.91 Å². The topological polar surface area (TPSA) is 147 Å². The third-order valence-corrected chi connectivity index (χ3v) is 7.71. The van der Waals surface area contributed by atoms with Crippen LogP contribution in [0.4, 0.5) is 0 Å². The van der Waals surface area contributed by atoms with E-state index in [1.165, 1.54) is 40.9 Å². The minimum Gasteiger partial charge on any atom is -0.480 e. The van der Waals surface area contributed by atoms with Gasteiger partial charge in [-0.05, 0) is 38.5 Å². The van der Waals surface area contributed by atoms with Crippen LogP contribution in [-0.4, -0.2) is 57.9 Å². The van der Waals surface area contributed by atoms with E-state index in [2.05, 4.69) is 5.32 Å². The molecule has 2 amide bonds. The highest BCUT2D eigenvalue weighted by Gasteiger charge is 2.69. The van der Waals surface area contributed by atoms with Crippen molar-refractivity contribution in [2.24, 2.45) is 5.14 Å². The minimum atomic E-state index is -3.81. The molecule has 0 bridgehead atoms. The molecule has 0 aromatic heterocycles. The first-order chi connectivity index (χ1) is 12.8. The number of sulfonamides is 1. The highest BCUT2D eigenvalue weighted by atomic mass is 32.2. The first-order valence-corrected chi connectivity index (χ1v) is 10.9. The van der Waals surface area contributed by atoms with Crippen LogP contribution in [0.2, 0.25) is 0 Å². The average Bonchev–Trinajstić information content (AvgIpc) is 2.84. The van der Waals surface area contributed by atoms with E-state index in [1.807, 2.05) is 0 Å². The van der Waals surface area contributed by atoms with Crippen LogP contribution in [0.5, 0.6) is 0 Å². The molecule has 2 aliphatic rings. The molecule has 0 spiro atoms. The zero-order valence-corrected chi connectivity index (χ0v) is 17.1. The summed E-state index contributed by atoms with van der Waals surface area (Å²) in [5.74, 6) is -1.92. The fourth-order valence-corrected chi connectivity index (χ4v) is 5.82. The van der Waals surface area contributed by atoms with E-state index in [1.54, 1.807) is 20.8 Å². The minimum absolute atomic E-state index is 0.0577. The Morgan fingerprint density at radius 2 is 1.82 bits per heavy atom. The van der Waals surface area contributed by atoms with Gasteiger partial charge < -0.3 is 15.3 Å². The smallest absolute Gasteiger partial charge is 0.327 e. The maximum atomic E-state index is 12.7. The maximum absolute atomic E-state index is 12.7. The van der Waals surface area contributed by atoms with Crippen LogP contribution in [-0.2, 0) is 30.8 Å². The van der Waals surface area contributed by atoms with E-state index in [0.29, 0.717) is 5.56 Å². The molecule has 28 heavy (non-hydrogen) atoms. The third kappa shape index (κ3) is 3.27. The van der Waals surface area contributed by atoms with Gasteiger partial charge in [0.1, 0.15) is 17.0 Å². The monoisotopic (exact) mass is 427 g/mol. The fourth-order valence-electron chi connectivity index (χ4n) is 3.65. The standard InChI is InChI=1S/C17H21N3O6S2/c1-16(2)12(13(22)23)20-14(24)17(3,15(20)27-16)19-11(21)8-9-4-6-10(7-5-9)28(18,25)26/h4-7,12,15H,8H2,1-3H3,(H,19,21)(H,22,23)(H2,18,25,26)/t12-,15+,17-/m0/s1. The van der Waals surface area contributed by atoms with Crippen molar-refractivity contribution in [2.45, 2.75) is 53.8 Å². The van der Waals surface area contributed by atoms with Crippen molar-refractivity contribution in [3.05, 3.63) is 29.8 Å². The van der Waals surface area contributed by atoms with E-state index in [0.717, 1.165) is 0 Å². The number of nitrogens with two attached hydrogens (primary N) is 1. The molecule has 4 N–H and O–H groups in total. The van der Waals surface area contributed by atoms with Crippen LogP contribution in [0.25, 0.3) is 0 Å². The first-order valence-electron chi connectivity index (χ1n) is 8.43. The molecule has 3 rings (SSSR count). The van der Waals surface area contributed by atoms with Crippen molar-refractivity contribution in [1.82, 2.24) is 10.2 Å². The second-order valence-electron chi connectivity index (χ2n) is 7.64. The first kappa shape index (κ1) is 20.6. The van der Waals surface area contributed by atoms with Gasteiger partial charge in [0.15, 0.2) is 0 Å². The molecule has 2 aliphatic heterocycles. The van der Waals surface area contributed by atoms with Crippen molar-refractivity contribution in [1.29, 1.82) is 0 Å². The summed E-state index contributed by atoms with van der Waals surface area (Å²) in [5.41, 5.74) is -0.635. The summed E-state index contributed by atoms with van der Waals surface area (Å²) in [4.78, 5) is 38.0. The lowest BCUT2D eigenvalue weighted by atomic mass is 9.86. The molecule has 0 unspecified atom stereocenters. The van der Waals surface area contributed by atoms with Gasteiger partial charge in [-0.25, -0.2) is 18.4 Å². The number of β-lactam (4-membered cyclic amide) rings is 1. The van der Waals surface area contributed by atoms with Crippen LogP contribution in [0.15, 0.2) is 29.2 Å². The molecule has 0 aliphatic carbocycles. The highest BCUT2D eigenvalue weighted by molar-refractivity contribution is 8.01. The summed E-state index contributed by atoms with van der Waals surface area (Å²) >= 11 is 1.35. The number of carboxylic acids is 1. The lowest BCUT2D eigenvalue weighted by Crippen LogP contribution is -2.78. The average molecular weight is 428 g/mol. The van der Waals surface area contributed by atoms with Crippen LogP contribution in [0, 0.1) is 0 Å². The van der Waals surface area contributed by atoms with Crippen LogP contribution in [0.3, 0.4) is 0 Å². The predicted molar refractivity (Wildman–Crippen MR) is 102 cm³/mol. The number of rotatable bonds is 5. The van der Waals surface area contributed by atoms with Crippen molar-refractivity contribution in [3.63, 3.8) is 0 Å². The summed E-state index contributed by atoms with van der Waals surface area (Å²) in [6.45, 7) is 5.11. The molecule has 152 valence electrons. The number of carbonyl (C=O) groups is 3. The SMILES string of the molecule is CC1(C)S[C@H]2N(C(=O)[C@]2(C)NC(=O)Cc2ccc(S(N)(=O)=O)cc2)[C@H]1C(=O)O. The van der Waals surface area contributed by atoms with Gasteiger partial charge >= 0.3 is 5.97 Å². The number of hydrogen-bond acceptors (Lipinski definition) is 6. The molecule has 0 radical (unpaired) electrons. The molecule has 1 aromatic carbocycles. The summed E-state index contributed by atoms with van der Waals surface area (Å²) < 4.78 is 21.9. The predicted octanol–water partition coefficient (Wildman–Crippen LogP) is -0.102. The van der Waals surface area contributed by atoms with E-state index in [9.17, 15) is 27.9 Å². The third-order valence-electron chi connectivity index (χ3n) is 5.03. The Hall–Kier alpha value is -2.11. The number of nitrogens with one attached hydrogen (secondary N) is 1. The number of nitrogens with zero attached hydrogens (tertiary/aromatic N) is 1.